The highest BCUT2D eigenvalue weighted by molar-refractivity contribution is 5.76. The number of aryl methyl sites for hydroxylation is 1. The van der Waals surface area contributed by atoms with Gasteiger partial charge in [0.2, 0.25) is 11.8 Å². The summed E-state index contributed by atoms with van der Waals surface area (Å²) in [5.74, 6) is 2.28. The molecule has 0 saturated carbocycles. The number of hydrogen-bond acceptors (Lipinski definition) is 5. The van der Waals surface area contributed by atoms with Gasteiger partial charge in [-0.1, -0.05) is 19.0 Å². The number of amides is 1. The van der Waals surface area contributed by atoms with Crippen LogP contribution < -0.4 is 0 Å². The third-order valence-electron chi connectivity index (χ3n) is 5.27. The van der Waals surface area contributed by atoms with Gasteiger partial charge in [0.25, 0.3) is 0 Å². The SMILES string of the molecule is Cc1noc([C@@H]2CN(C(=O)CCC(C)C)CC23CCOCC3)n1. The zero-order chi connectivity index (χ0) is 16.4. The molecule has 1 aromatic rings. The average Bonchev–Trinajstić information content (AvgIpc) is 3.10. The Morgan fingerprint density at radius 2 is 2.13 bits per heavy atom. The van der Waals surface area contributed by atoms with Crippen LogP contribution in [0.5, 0.6) is 0 Å². The number of hydrogen-bond donors (Lipinski definition) is 0. The van der Waals surface area contributed by atoms with Gasteiger partial charge in [0.15, 0.2) is 5.82 Å². The molecule has 6 nitrogen and oxygen atoms in total. The molecule has 0 N–H and O–H groups in total. The van der Waals surface area contributed by atoms with Crippen LogP contribution in [0.25, 0.3) is 0 Å². The molecule has 6 heteroatoms. The summed E-state index contributed by atoms with van der Waals surface area (Å²) in [6, 6.07) is 0. The molecule has 1 aromatic heterocycles. The first-order valence-corrected chi connectivity index (χ1v) is 8.66. The molecular weight excluding hydrogens is 294 g/mol. The Kier molecular flexibility index (Phi) is 4.71. The van der Waals surface area contributed by atoms with Gasteiger partial charge in [-0.05, 0) is 32.1 Å². The van der Waals surface area contributed by atoms with Gasteiger partial charge in [-0.15, -0.1) is 0 Å². The van der Waals surface area contributed by atoms with Crippen molar-refractivity contribution in [2.75, 3.05) is 26.3 Å². The predicted octanol–water partition coefficient (Wildman–Crippen LogP) is 2.54. The molecule has 3 rings (SSSR count). The Morgan fingerprint density at radius 3 is 2.74 bits per heavy atom. The van der Waals surface area contributed by atoms with Gasteiger partial charge in [-0.3, -0.25) is 4.79 Å². The molecule has 1 spiro atoms. The maximum absolute atomic E-state index is 12.6. The predicted molar refractivity (Wildman–Crippen MR) is 84.9 cm³/mol. The zero-order valence-corrected chi connectivity index (χ0v) is 14.4. The summed E-state index contributed by atoms with van der Waals surface area (Å²) in [4.78, 5) is 19.1. The van der Waals surface area contributed by atoms with Crippen LogP contribution in [0.1, 0.15) is 57.2 Å². The highest BCUT2D eigenvalue weighted by atomic mass is 16.5. The molecule has 2 fully saturated rings. The maximum Gasteiger partial charge on any atom is 0.232 e. The molecule has 0 bridgehead atoms. The van der Waals surface area contributed by atoms with Crippen LogP contribution in [0.4, 0.5) is 0 Å². The molecule has 2 saturated heterocycles. The van der Waals surface area contributed by atoms with E-state index in [9.17, 15) is 4.79 Å². The van der Waals surface area contributed by atoms with E-state index in [4.69, 9.17) is 9.26 Å². The van der Waals surface area contributed by atoms with E-state index in [1.807, 2.05) is 11.8 Å². The number of aromatic nitrogens is 2. The van der Waals surface area contributed by atoms with E-state index >= 15 is 0 Å². The topological polar surface area (TPSA) is 68.5 Å². The number of ether oxygens (including phenoxy) is 1. The van der Waals surface area contributed by atoms with Crippen molar-refractivity contribution in [1.29, 1.82) is 0 Å². The first-order valence-electron chi connectivity index (χ1n) is 8.66. The fraction of sp³-hybridized carbons (Fsp3) is 0.824. The molecule has 3 heterocycles. The molecule has 0 aliphatic carbocycles. The van der Waals surface area contributed by atoms with E-state index in [2.05, 4.69) is 24.0 Å². The van der Waals surface area contributed by atoms with E-state index in [1.54, 1.807) is 0 Å². The molecule has 128 valence electrons. The van der Waals surface area contributed by atoms with Gasteiger partial charge in [0.1, 0.15) is 0 Å². The Hall–Kier alpha value is -1.43. The van der Waals surface area contributed by atoms with Gasteiger partial charge in [-0.2, -0.15) is 4.98 Å². The molecule has 0 aromatic carbocycles. The highest BCUT2D eigenvalue weighted by Crippen LogP contribution is 2.49. The van der Waals surface area contributed by atoms with Crippen LogP contribution >= 0.6 is 0 Å². The molecule has 0 unspecified atom stereocenters. The minimum absolute atomic E-state index is 0.0325. The number of rotatable bonds is 4. The summed E-state index contributed by atoms with van der Waals surface area (Å²) < 4.78 is 11.0. The Morgan fingerprint density at radius 1 is 1.39 bits per heavy atom. The largest absolute Gasteiger partial charge is 0.381 e. The first-order chi connectivity index (χ1) is 11.0. The van der Waals surface area contributed by atoms with E-state index < -0.39 is 0 Å². The lowest BCUT2D eigenvalue weighted by Crippen LogP contribution is -2.37. The number of carbonyl (C=O) groups excluding carboxylic acids is 1. The molecule has 1 amide bonds. The Labute approximate surface area is 137 Å². The Balaban J connectivity index is 1.77. The van der Waals surface area contributed by atoms with Crippen molar-refractivity contribution in [2.45, 2.75) is 52.4 Å². The second-order valence-electron chi connectivity index (χ2n) is 7.41. The minimum atomic E-state index is 0.0325. The van der Waals surface area contributed by atoms with Gasteiger partial charge in [0, 0.05) is 38.1 Å². The third-order valence-corrected chi connectivity index (χ3v) is 5.27. The summed E-state index contributed by atoms with van der Waals surface area (Å²) in [5, 5.41) is 3.95. The summed E-state index contributed by atoms with van der Waals surface area (Å²) in [7, 11) is 0. The maximum atomic E-state index is 12.6. The molecule has 0 radical (unpaired) electrons. The van der Waals surface area contributed by atoms with Crippen LogP contribution in [-0.2, 0) is 9.53 Å². The van der Waals surface area contributed by atoms with Crippen molar-refractivity contribution in [3.05, 3.63) is 11.7 Å². The normalized spacial score (nSPS) is 23.8. The Bertz CT molecular complexity index is 549. The van der Waals surface area contributed by atoms with Crippen LogP contribution in [-0.4, -0.2) is 47.3 Å². The van der Waals surface area contributed by atoms with Crippen LogP contribution in [0, 0.1) is 18.3 Å². The second kappa shape index (κ2) is 6.59. The molecular formula is C17H27N3O3. The molecule has 2 aliphatic heterocycles. The number of nitrogens with zero attached hydrogens (tertiary/aromatic N) is 3. The second-order valence-corrected chi connectivity index (χ2v) is 7.41. The van der Waals surface area contributed by atoms with Crippen molar-refractivity contribution in [3.63, 3.8) is 0 Å². The molecule has 2 aliphatic rings. The van der Waals surface area contributed by atoms with E-state index in [0.29, 0.717) is 30.6 Å². The summed E-state index contributed by atoms with van der Waals surface area (Å²) >= 11 is 0. The van der Waals surface area contributed by atoms with Crippen LogP contribution in [0.2, 0.25) is 0 Å². The number of carbonyl (C=O) groups is 1. The van der Waals surface area contributed by atoms with Crippen molar-refractivity contribution < 1.29 is 14.1 Å². The van der Waals surface area contributed by atoms with E-state index in [-0.39, 0.29) is 17.2 Å². The lowest BCUT2D eigenvalue weighted by molar-refractivity contribution is -0.131. The van der Waals surface area contributed by atoms with Gasteiger partial charge >= 0.3 is 0 Å². The van der Waals surface area contributed by atoms with Crippen LogP contribution in [0.3, 0.4) is 0 Å². The fourth-order valence-electron chi connectivity index (χ4n) is 3.81. The van der Waals surface area contributed by atoms with Crippen molar-refractivity contribution in [3.8, 4) is 0 Å². The van der Waals surface area contributed by atoms with E-state index in [0.717, 1.165) is 39.0 Å². The summed E-state index contributed by atoms with van der Waals surface area (Å²) in [5.41, 5.74) is 0.0325. The summed E-state index contributed by atoms with van der Waals surface area (Å²) in [6.07, 6.45) is 3.47. The standard InChI is InChI=1S/C17H27N3O3/c1-12(2)4-5-15(21)20-10-14(16-18-13(3)19-23-16)17(11-20)6-8-22-9-7-17/h12,14H,4-11H2,1-3H3/t14-/m0/s1. The van der Waals surface area contributed by atoms with Gasteiger partial charge < -0.3 is 14.2 Å². The third kappa shape index (κ3) is 3.42. The van der Waals surface area contributed by atoms with Crippen LogP contribution in [0.15, 0.2) is 4.52 Å². The quantitative estimate of drug-likeness (QED) is 0.852. The molecule has 1 atom stereocenters. The average molecular weight is 321 g/mol. The smallest absolute Gasteiger partial charge is 0.232 e. The van der Waals surface area contributed by atoms with Gasteiger partial charge in [0.05, 0.1) is 5.92 Å². The monoisotopic (exact) mass is 321 g/mol. The summed E-state index contributed by atoms with van der Waals surface area (Å²) in [6.45, 7) is 9.12. The lowest BCUT2D eigenvalue weighted by atomic mass is 9.72. The minimum Gasteiger partial charge on any atom is -0.381 e. The number of likely N-dealkylation sites (tertiary alicyclic amines) is 1. The lowest BCUT2D eigenvalue weighted by Gasteiger charge is -2.36. The van der Waals surface area contributed by atoms with Crippen molar-refractivity contribution in [1.82, 2.24) is 15.0 Å². The molecule has 23 heavy (non-hydrogen) atoms. The first kappa shape index (κ1) is 16.4. The van der Waals surface area contributed by atoms with Crippen molar-refractivity contribution >= 4 is 5.91 Å². The van der Waals surface area contributed by atoms with E-state index in [1.165, 1.54) is 0 Å². The van der Waals surface area contributed by atoms with Crippen molar-refractivity contribution in [2.24, 2.45) is 11.3 Å². The fourth-order valence-corrected chi connectivity index (χ4v) is 3.81. The zero-order valence-electron chi connectivity index (χ0n) is 14.4. The highest BCUT2D eigenvalue weighted by Gasteiger charge is 2.51. The van der Waals surface area contributed by atoms with Gasteiger partial charge in [-0.25, -0.2) is 0 Å².